The lowest BCUT2D eigenvalue weighted by atomic mass is 9.81. The van der Waals surface area contributed by atoms with Crippen molar-refractivity contribution in [2.75, 3.05) is 0 Å². The zero-order valence-corrected chi connectivity index (χ0v) is 24.2. The zero-order chi connectivity index (χ0) is 34.1. The Labute approximate surface area is 268 Å². The molecule has 0 aliphatic rings. The van der Waals surface area contributed by atoms with Gasteiger partial charge in [0.05, 0.1) is 6.85 Å². The quantitative estimate of drug-likeness (QED) is 0.190. The molecule has 0 radical (unpaired) electrons. The van der Waals surface area contributed by atoms with Crippen LogP contribution in [0.3, 0.4) is 0 Å². The summed E-state index contributed by atoms with van der Waals surface area (Å²) in [6.45, 7) is 0. The van der Waals surface area contributed by atoms with Gasteiger partial charge >= 0.3 is 0 Å². The van der Waals surface area contributed by atoms with Crippen molar-refractivity contribution in [1.29, 1.82) is 0 Å². The molecule has 45 heavy (non-hydrogen) atoms. The minimum Gasteiger partial charge on any atom is -0.456 e. The van der Waals surface area contributed by atoms with E-state index in [4.69, 9.17) is 11.3 Å². The molecule has 0 amide bonds. The largest absolute Gasteiger partial charge is 0.456 e. The van der Waals surface area contributed by atoms with Gasteiger partial charge in [-0.1, -0.05) is 152 Å². The van der Waals surface area contributed by atoms with E-state index in [1.54, 1.807) is 0 Å². The Morgan fingerprint density at radius 1 is 0.356 bits per heavy atom. The zero-order valence-electron chi connectivity index (χ0n) is 29.2. The van der Waals surface area contributed by atoms with Crippen LogP contribution in [0.4, 0.5) is 0 Å². The van der Waals surface area contributed by atoms with Crippen molar-refractivity contribution < 1.29 is 11.3 Å². The first-order chi connectivity index (χ1) is 24.4. The number of hydrogen-bond donors (Lipinski definition) is 0. The SMILES string of the molecule is [2H]c1c([2H])c([2H])c(-c2c3ccccc3c(-c3c(-c4ccccc4)cccc3-c3ccc4oc5ccccc5c4c3)c3ccccc23)c([2H])c1[2H]. The molecule has 0 saturated heterocycles. The predicted octanol–water partition coefficient (Wildman–Crippen LogP) is 12.6. The van der Waals surface area contributed by atoms with Gasteiger partial charge in [0.2, 0.25) is 0 Å². The summed E-state index contributed by atoms with van der Waals surface area (Å²) < 4.78 is 49.4. The van der Waals surface area contributed by atoms with Crippen molar-refractivity contribution in [3.63, 3.8) is 0 Å². The van der Waals surface area contributed by atoms with Crippen molar-refractivity contribution in [3.8, 4) is 44.5 Å². The topological polar surface area (TPSA) is 13.1 Å². The van der Waals surface area contributed by atoms with E-state index >= 15 is 0 Å². The average molecular weight is 578 g/mol. The highest BCUT2D eigenvalue weighted by molar-refractivity contribution is 6.24. The predicted molar refractivity (Wildman–Crippen MR) is 190 cm³/mol. The van der Waals surface area contributed by atoms with Crippen LogP contribution in [0.1, 0.15) is 6.85 Å². The molecule has 9 rings (SSSR count). The molecule has 0 aliphatic heterocycles. The van der Waals surface area contributed by atoms with Crippen molar-refractivity contribution in [2.45, 2.75) is 0 Å². The Balaban J connectivity index is 1.45. The van der Waals surface area contributed by atoms with Gasteiger partial charge in [-0.05, 0) is 84.3 Å². The van der Waals surface area contributed by atoms with Gasteiger partial charge in [-0.3, -0.25) is 0 Å². The molecule has 0 spiro atoms. The first-order valence-corrected chi connectivity index (χ1v) is 15.0. The van der Waals surface area contributed by atoms with Gasteiger partial charge in [0.25, 0.3) is 0 Å². The fraction of sp³-hybridized carbons (Fsp3) is 0. The average Bonchev–Trinajstić information content (AvgIpc) is 3.54. The first-order valence-electron chi connectivity index (χ1n) is 17.5. The van der Waals surface area contributed by atoms with Gasteiger partial charge in [0, 0.05) is 10.8 Å². The molecule has 0 aliphatic carbocycles. The second-order valence-corrected chi connectivity index (χ2v) is 11.2. The van der Waals surface area contributed by atoms with Crippen LogP contribution in [-0.2, 0) is 0 Å². The second kappa shape index (κ2) is 10.4. The molecule has 0 unspecified atom stereocenters. The Kier molecular flexibility index (Phi) is 4.81. The molecular weight excluding hydrogens is 544 g/mol. The molecule has 210 valence electrons. The molecule has 1 heterocycles. The van der Waals surface area contributed by atoms with Crippen LogP contribution in [-0.4, -0.2) is 0 Å². The number of rotatable bonds is 4. The lowest BCUT2D eigenvalue weighted by molar-refractivity contribution is 0.669. The van der Waals surface area contributed by atoms with E-state index in [0.29, 0.717) is 5.56 Å². The molecule has 0 saturated carbocycles. The van der Waals surface area contributed by atoms with E-state index < -0.39 is 6.04 Å². The van der Waals surface area contributed by atoms with Crippen LogP contribution >= 0.6 is 0 Å². The highest BCUT2D eigenvalue weighted by Crippen LogP contribution is 2.49. The van der Waals surface area contributed by atoms with Gasteiger partial charge in [-0.15, -0.1) is 0 Å². The second-order valence-electron chi connectivity index (χ2n) is 11.2. The van der Waals surface area contributed by atoms with E-state index in [-0.39, 0.29) is 29.7 Å². The van der Waals surface area contributed by atoms with E-state index in [1.807, 2.05) is 78.9 Å². The fourth-order valence-electron chi connectivity index (χ4n) is 6.86. The minimum absolute atomic E-state index is 0.198. The van der Waals surface area contributed by atoms with Gasteiger partial charge in [0.1, 0.15) is 11.2 Å². The van der Waals surface area contributed by atoms with Crippen LogP contribution in [0.25, 0.3) is 88.0 Å². The maximum atomic E-state index is 8.96. The first kappa shape index (κ1) is 20.9. The standard InChI is InChI=1S/C44H28O/c1-3-14-29(15-4-1)32-23-13-24-33(31-26-27-41-39(28-31)34-18-11-12-25-40(34)45-41)43(32)44-37-21-9-7-19-35(37)42(30-16-5-2-6-17-30)36-20-8-10-22-38(36)44/h1-28H/i2D,5D,6D,16D,17D. The fourth-order valence-corrected chi connectivity index (χ4v) is 6.86. The molecule has 8 aromatic carbocycles. The van der Waals surface area contributed by atoms with E-state index in [9.17, 15) is 0 Å². The van der Waals surface area contributed by atoms with Gasteiger partial charge in [-0.2, -0.15) is 0 Å². The molecule has 1 aromatic heterocycles. The molecular formula is C44H28O. The van der Waals surface area contributed by atoms with Crippen molar-refractivity contribution in [2.24, 2.45) is 0 Å². The molecule has 0 bridgehead atoms. The Hall–Kier alpha value is -5.92. The number of fused-ring (bicyclic) bond motifs is 5. The van der Waals surface area contributed by atoms with Crippen LogP contribution < -0.4 is 0 Å². The monoisotopic (exact) mass is 577 g/mol. The smallest absolute Gasteiger partial charge is 0.135 e. The summed E-state index contributed by atoms with van der Waals surface area (Å²) in [6, 6.07) is 45.8. The summed E-state index contributed by atoms with van der Waals surface area (Å²) >= 11 is 0. The molecule has 0 N–H and O–H groups in total. The summed E-state index contributed by atoms with van der Waals surface area (Å²) in [5, 5.41) is 5.57. The molecule has 0 fully saturated rings. The highest BCUT2D eigenvalue weighted by Gasteiger charge is 2.22. The Bertz CT molecular complexity index is 2730. The third-order valence-corrected chi connectivity index (χ3v) is 8.77. The maximum Gasteiger partial charge on any atom is 0.135 e. The summed E-state index contributed by atoms with van der Waals surface area (Å²) in [7, 11) is 0. The lowest BCUT2D eigenvalue weighted by Gasteiger charge is -2.22. The summed E-state index contributed by atoms with van der Waals surface area (Å²) in [5.74, 6) is 0. The van der Waals surface area contributed by atoms with Crippen molar-refractivity contribution in [3.05, 3.63) is 170 Å². The van der Waals surface area contributed by atoms with Crippen LogP contribution in [0.2, 0.25) is 0 Å². The minimum atomic E-state index is -0.405. The molecule has 0 atom stereocenters. The van der Waals surface area contributed by atoms with Gasteiger partial charge < -0.3 is 4.42 Å². The highest BCUT2D eigenvalue weighted by atomic mass is 16.3. The lowest BCUT2D eigenvalue weighted by Crippen LogP contribution is -1.95. The molecule has 1 nitrogen and oxygen atoms in total. The normalized spacial score (nSPS) is 13.1. The number of para-hydroxylation sites is 1. The third kappa shape index (κ3) is 4.09. The summed E-state index contributed by atoms with van der Waals surface area (Å²) in [6.07, 6.45) is 0. The number of hydrogen-bond acceptors (Lipinski definition) is 1. The van der Waals surface area contributed by atoms with Crippen LogP contribution in [0, 0.1) is 0 Å². The molecule has 9 aromatic rings. The molecule has 1 heteroatoms. The van der Waals surface area contributed by atoms with Crippen molar-refractivity contribution >= 4 is 43.5 Å². The summed E-state index contributed by atoms with van der Waals surface area (Å²) in [5.41, 5.74) is 8.78. The van der Waals surface area contributed by atoms with Crippen molar-refractivity contribution in [1.82, 2.24) is 0 Å². The van der Waals surface area contributed by atoms with E-state index in [2.05, 4.69) is 60.7 Å². The maximum absolute atomic E-state index is 8.96. The number of benzene rings is 8. The Morgan fingerprint density at radius 3 is 1.60 bits per heavy atom. The summed E-state index contributed by atoms with van der Waals surface area (Å²) in [4.78, 5) is 0. The van der Waals surface area contributed by atoms with E-state index in [1.165, 1.54) is 0 Å². The van der Waals surface area contributed by atoms with E-state index in [0.717, 1.165) is 76.9 Å². The third-order valence-electron chi connectivity index (χ3n) is 8.77. The van der Waals surface area contributed by atoms with Crippen LogP contribution in [0.5, 0.6) is 0 Å². The van der Waals surface area contributed by atoms with Gasteiger partial charge in [0.15, 0.2) is 0 Å². The Morgan fingerprint density at radius 2 is 0.911 bits per heavy atom. The van der Waals surface area contributed by atoms with Crippen LogP contribution in [0.15, 0.2) is 174 Å². The van der Waals surface area contributed by atoms with Gasteiger partial charge in [-0.25, -0.2) is 0 Å². The number of furan rings is 1.